The zero-order valence-corrected chi connectivity index (χ0v) is 10.7. The number of halogens is 1. The van der Waals surface area contributed by atoms with Gasteiger partial charge >= 0.3 is 0 Å². The minimum atomic E-state index is -0.741. The van der Waals surface area contributed by atoms with Crippen LogP contribution in [0, 0.1) is 0 Å². The number of hydrogen-bond acceptors (Lipinski definition) is 4. The first-order valence-corrected chi connectivity index (χ1v) is 5.75. The molecule has 16 heavy (non-hydrogen) atoms. The number of rotatable bonds is 5. The third-order valence-electron chi connectivity index (χ3n) is 2.47. The van der Waals surface area contributed by atoms with Crippen molar-refractivity contribution in [1.82, 2.24) is 5.32 Å². The normalized spacial score (nSPS) is 11.8. The Bertz CT molecular complexity index is 353. The van der Waals surface area contributed by atoms with Gasteiger partial charge in [-0.15, -0.1) is 0 Å². The topological polar surface area (TPSA) is 72.7 Å². The third-order valence-corrected chi connectivity index (χ3v) is 3.11. The van der Waals surface area contributed by atoms with Gasteiger partial charge in [0.1, 0.15) is 5.75 Å². The molecule has 0 spiro atoms. The Balaban J connectivity index is 2.71. The molecule has 0 atom stereocenters. The minimum absolute atomic E-state index is 0.168. The van der Waals surface area contributed by atoms with Gasteiger partial charge in [-0.1, -0.05) is 12.1 Å². The van der Waals surface area contributed by atoms with E-state index >= 15 is 0 Å². The molecule has 0 saturated heterocycles. The Kier molecular flexibility index (Phi) is 4.73. The van der Waals surface area contributed by atoms with Gasteiger partial charge in [-0.25, -0.2) is 0 Å². The van der Waals surface area contributed by atoms with Gasteiger partial charge in [0, 0.05) is 12.1 Å². The SMILES string of the molecule is CC(CO)(CO)NCc1cccc(Br)c1O. The fourth-order valence-electron chi connectivity index (χ4n) is 1.17. The average Bonchev–Trinajstić information content (AvgIpc) is 2.31. The van der Waals surface area contributed by atoms with Crippen molar-refractivity contribution in [2.24, 2.45) is 0 Å². The standard InChI is InChI=1S/C11H16BrNO3/c1-11(6-14,7-15)13-5-8-3-2-4-9(12)10(8)16/h2-4,13-16H,5-7H2,1H3. The summed E-state index contributed by atoms with van der Waals surface area (Å²) in [5, 5.41) is 30.9. The van der Waals surface area contributed by atoms with Crippen LogP contribution in [0.1, 0.15) is 12.5 Å². The van der Waals surface area contributed by atoms with Gasteiger partial charge in [0.2, 0.25) is 0 Å². The molecule has 1 rings (SSSR count). The van der Waals surface area contributed by atoms with E-state index in [1.54, 1.807) is 19.1 Å². The molecule has 0 aliphatic carbocycles. The van der Waals surface area contributed by atoms with Crippen LogP contribution in [0.15, 0.2) is 22.7 Å². The van der Waals surface area contributed by atoms with E-state index in [9.17, 15) is 5.11 Å². The molecule has 0 aromatic heterocycles. The molecule has 1 aromatic rings. The van der Waals surface area contributed by atoms with E-state index < -0.39 is 5.54 Å². The monoisotopic (exact) mass is 289 g/mol. The molecule has 0 bridgehead atoms. The van der Waals surface area contributed by atoms with E-state index in [2.05, 4.69) is 21.2 Å². The van der Waals surface area contributed by atoms with E-state index in [0.29, 0.717) is 16.6 Å². The molecule has 0 unspecified atom stereocenters. The molecule has 5 heteroatoms. The van der Waals surface area contributed by atoms with Gasteiger partial charge in [-0.05, 0) is 28.9 Å². The lowest BCUT2D eigenvalue weighted by Crippen LogP contribution is -2.48. The fourth-order valence-corrected chi connectivity index (χ4v) is 1.58. The van der Waals surface area contributed by atoms with Crippen LogP contribution in [0.2, 0.25) is 0 Å². The smallest absolute Gasteiger partial charge is 0.134 e. The Morgan fingerprint density at radius 2 is 1.94 bits per heavy atom. The van der Waals surface area contributed by atoms with E-state index in [1.165, 1.54) is 0 Å². The van der Waals surface area contributed by atoms with E-state index in [0.717, 1.165) is 0 Å². The molecular formula is C11H16BrNO3. The molecule has 0 heterocycles. The van der Waals surface area contributed by atoms with Gasteiger partial charge in [0.15, 0.2) is 0 Å². The summed E-state index contributed by atoms with van der Waals surface area (Å²) in [5.74, 6) is 0.174. The van der Waals surface area contributed by atoms with Crippen LogP contribution in [0.25, 0.3) is 0 Å². The van der Waals surface area contributed by atoms with Crippen molar-refractivity contribution in [2.45, 2.75) is 19.0 Å². The molecular weight excluding hydrogens is 274 g/mol. The van der Waals surface area contributed by atoms with Crippen molar-refractivity contribution in [2.75, 3.05) is 13.2 Å². The number of aromatic hydroxyl groups is 1. The van der Waals surface area contributed by atoms with Gasteiger partial charge in [-0.2, -0.15) is 0 Å². The quantitative estimate of drug-likeness (QED) is 0.652. The Morgan fingerprint density at radius 3 is 2.50 bits per heavy atom. The van der Waals surface area contributed by atoms with Crippen LogP contribution in [-0.4, -0.2) is 34.1 Å². The predicted octanol–water partition coefficient (Wildman–Crippen LogP) is 0.988. The lowest BCUT2D eigenvalue weighted by atomic mass is 10.0. The van der Waals surface area contributed by atoms with Crippen molar-refractivity contribution in [3.05, 3.63) is 28.2 Å². The summed E-state index contributed by atoms with van der Waals surface area (Å²) in [5.41, 5.74) is -0.0307. The molecule has 0 fully saturated rings. The number of phenols is 1. The van der Waals surface area contributed by atoms with Crippen LogP contribution >= 0.6 is 15.9 Å². The molecule has 0 saturated carbocycles. The number of nitrogens with one attached hydrogen (secondary N) is 1. The molecule has 0 aliphatic heterocycles. The van der Waals surface area contributed by atoms with E-state index in [4.69, 9.17) is 10.2 Å². The van der Waals surface area contributed by atoms with Crippen molar-refractivity contribution >= 4 is 15.9 Å². The number of aliphatic hydroxyl groups excluding tert-OH is 2. The second-order valence-electron chi connectivity index (χ2n) is 3.98. The summed E-state index contributed by atoms with van der Waals surface area (Å²) < 4.78 is 0.626. The maximum absolute atomic E-state index is 9.73. The second kappa shape index (κ2) is 5.63. The number of para-hydroxylation sites is 1. The molecule has 4 nitrogen and oxygen atoms in total. The molecule has 1 aromatic carbocycles. The van der Waals surface area contributed by atoms with E-state index in [-0.39, 0.29) is 19.0 Å². The Hall–Kier alpha value is -0.620. The summed E-state index contributed by atoms with van der Waals surface area (Å²) in [6.45, 7) is 1.75. The van der Waals surface area contributed by atoms with Crippen molar-refractivity contribution in [3.8, 4) is 5.75 Å². The summed E-state index contributed by atoms with van der Waals surface area (Å²) >= 11 is 3.22. The molecule has 0 amide bonds. The van der Waals surface area contributed by atoms with Gasteiger partial charge in [-0.3, -0.25) is 0 Å². The number of hydrogen-bond donors (Lipinski definition) is 4. The van der Waals surface area contributed by atoms with Crippen LogP contribution in [0.5, 0.6) is 5.75 Å². The maximum Gasteiger partial charge on any atom is 0.134 e. The highest BCUT2D eigenvalue weighted by Gasteiger charge is 2.21. The Labute approximate surface area is 103 Å². The lowest BCUT2D eigenvalue weighted by Gasteiger charge is -2.26. The van der Waals surface area contributed by atoms with Crippen LogP contribution in [0.3, 0.4) is 0 Å². The van der Waals surface area contributed by atoms with Crippen LogP contribution in [-0.2, 0) is 6.54 Å². The average molecular weight is 290 g/mol. The lowest BCUT2D eigenvalue weighted by molar-refractivity contribution is 0.103. The van der Waals surface area contributed by atoms with Gasteiger partial charge < -0.3 is 20.6 Å². The maximum atomic E-state index is 9.73. The third kappa shape index (κ3) is 3.18. The summed E-state index contributed by atoms with van der Waals surface area (Å²) in [6, 6.07) is 5.34. The molecule has 0 radical (unpaired) electrons. The van der Waals surface area contributed by atoms with Crippen LogP contribution in [0.4, 0.5) is 0 Å². The van der Waals surface area contributed by atoms with Gasteiger partial charge in [0.25, 0.3) is 0 Å². The highest BCUT2D eigenvalue weighted by molar-refractivity contribution is 9.10. The Morgan fingerprint density at radius 1 is 1.31 bits per heavy atom. The fraction of sp³-hybridized carbons (Fsp3) is 0.455. The highest BCUT2D eigenvalue weighted by atomic mass is 79.9. The first kappa shape index (κ1) is 13.4. The highest BCUT2D eigenvalue weighted by Crippen LogP contribution is 2.27. The summed E-state index contributed by atoms with van der Waals surface area (Å²) in [7, 11) is 0. The second-order valence-corrected chi connectivity index (χ2v) is 4.83. The first-order chi connectivity index (χ1) is 7.52. The molecule has 0 aliphatic rings. The number of aliphatic hydroxyl groups is 2. The number of benzene rings is 1. The van der Waals surface area contributed by atoms with Crippen molar-refractivity contribution in [1.29, 1.82) is 0 Å². The predicted molar refractivity (Wildman–Crippen MR) is 65.2 cm³/mol. The first-order valence-electron chi connectivity index (χ1n) is 4.95. The largest absolute Gasteiger partial charge is 0.506 e. The summed E-state index contributed by atoms with van der Waals surface area (Å²) in [4.78, 5) is 0. The number of phenolic OH excluding ortho intramolecular Hbond substituents is 1. The van der Waals surface area contributed by atoms with Gasteiger partial charge in [0.05, 0.1) is 23.2 Å². The zero-order valence-electron chi connectivity index (χ0n) is 9.07. The molecule has 4 N–H and O–H groups in total. The van der Waals surface area contributed by atoms with Crippen molar-refractivity contribution < 1.29 is 15.3 Å². The van der Waals surface area contributed by atoms with E-state index in [1.807, 2.05) is 6.07 Å². The minimum Gasteiger partial charge on any atom is -0.506 e. The van der Waals surface area contributed by atoms with Crippen molar-refractivity contribution in [3.63, 3.8) is 0 Å². The zero-order chi connectivity index (χ0) is 12.2. The molecule has 90 valence electrons. The van der Waals surface area contributed by atoms with Crippen LogP contribution < -0.4 is 5.32 Å². The summed E-state index contributed by atoms with van der Waals surface area (Å²) in [6.07, 6.45) is 0.